The van der Waals surface area contributed by atoms with Gasteiger partial charge in [0.05, 0.1) is 35.1 Å². The number of nitro benzene ring substituents is 1. The number of rotatable bonds is 6. The van der Waals surface area contributed by atoms with Crippen LogP contribution in [-0.2, 0) is 9.53 Å². The molecule has 0 radical (unpaired) electrons. The Bertz CT molecular complexity index is 842. The number of hydrogen-bond donors (Lipinski definition) is 1. The number of nitrogens with zero attached hydrogens (tertiary/aromatic N) is 1. The van der Waals surface area contributed by atoms with E-state index in [1.807, 2.05) is 0 Å². The van der Waals surface area contributed by atoms with Gasteiger partial charge in [-0.1, -0.05) is 39.7 Å². The van der Waals surface area contributed by atoms with Crippen molar-refractivity contribution >= 4 is 45.1 Å². The standard InChI is InChI=1S/C17H14BrClN2O5/c1-26-16(22)9-15(10-2-4-11(18)5-3-10)20-17(23)13-7-6-12(21(24)25)8-14(13)19/h2-8,15H,9H2,1H3,(H,20,23). The maximum Gasteiger partial charge on any atom is 0.307 e. The van der Waals surface area contributed by atoms with Crippen molar-refractivity contribution in [3.63, 3.8) is 0 Å². The first-order valence-corrected chi connectivity index (χ1v) is 8.56. The van der Waals surface area contributed by atoms with Gasteiger partial charge in [-0.15, -0.1) is 0 Å². The summed E-state index contributed by atoms with van der Waals surface area (Å²) in [7, 11) is 1.26. The molecule has 26 heavy (non-hydrogen) atoms. The molecule has 0 spiro atoms. The Kier molecular flexibility index (Phi) is 6.70. The molecule has 0 aliphatic rings. The molecule has 1 N–H and O–H groups in total. The zero-order chi connectivity index (χ0) is 19.3. The van der Waals surface area contributed by atoms with Crippen LogP contribution in [0.15, 0.2) is 46.9 Å². The number of non-ortho nitro benzene ring substituents is 1. The van der Waals surface area contributed by atoms with E-state index < -0.39 is 22.8 Å². The van der Waals surface area contributed by atoms with Gasteiger partial charge >= 0.3 is 5.97 Å². The maximum absolute atomic E-state index is 12.5. The topological polar surface area (TPSA) is 98.5 Å². The molecule has 1 atom stereocenters. The van der Waals surface area contributed by atoms with Gasteiger partial charge in [-0.25, -0.2) is 0 Å². The van der Waals surface area contributed by atoms with Crippen molar-refractivity contribution in [2.75, 3.05) is 7.11 Å². The van der Waals surface area contributed by atoms with Crippen LogP contribution < -0.4 is 5.32 Å². The van der Waals surface area contributed by atoms with E-state index >= 15 is 0 Å². The number of benzene rings is 2. The molecule has 0 aliphatic carbocycles. The van der Waals surface area contributed by atoms with Crippen molar-refractivity contribution in [1.29, 1.82) is 0 Å². The number of methoxy groups -OCH3 is 1. The van der Waals surface area contributed by atoms with Gasteiger partial charge in [0.1, 0.15) is 0 Å². The molecule has 7 nitrogen and oxygen atoms in total. The molecule has 0 saturated heterocycles. The lowest BCUT2D eigenvalue weighted by Crippen LogP contribution is -2.30. The van der Waals surface area contributed by atoms with E-state index in [0.29, 0.717) is 5.56 Å². The van der Waals surface area contributed by atoms with Crippen LogP contribution in [-0.4, -0.2) is 23.9 Å². The third-order valence-corrected chi connectivity index (χ3v) is 4.43. The highest BCUT2D eigenvalue weighted by molar-refractivity contribution is 9.10. The predicted octanol–water partition coefficient (Wildman–Crippen LogP) is 4.04. The molecule has 0 saturated carbocycles. The Morgan fingerprint density at radius 2 is 1.92 bits per heavy atom. The normalized spacial score (nSPS) is 11.5. The zero-order valence-corrected chi connectivity index (χ0v) is 15.9. The summed E-state index contributed by atoms with van der Waals surface area (Å²) < 4.78 is 5.53. The van der Waals surface area contributed by atoms with E-state index in [0.717, 1.165) is 10.5 Å². The molecule has 0 aromatic heterocycles. The van der Waals surface area contributed by atoms with Gasteiger partial charge in [0.15, 0.2) is 0 Å². The first-order chi connectivity index (χ1) is 12.3. The van der Waals surface area contributed by atoms with Crippen LogP contribution in [0, 0.1) is 10.1 Å². The van der Waals surface area contributed by atoms with Crippen LogP contribution >= 0.6 is 27.5 Å². The molecular weight excluding hydrogens is 428 g/mol. The lowest BCUT2D eigenvalue weighted by molar-refractivity contribution is -0.384. The summed E-state index contributed by atoms with van der Waals surface area (Å²) in [6, 6.07) is 10.0. The molecule has 0 fully saturated rings. The number of carbonyl (C=O) groups excluding carboxylic acids is 2. The van der Waals surface area contributed by atoms with Gasteiger partial charge in [-0.3, -0.25) is 19.7 Å². The number of nitrogens with one attached hydrogen (secondary N) is 1. The van der Waals surface area contributed by atoms with E-state index in [1.165, 1.54) is 19.2 Å². The predicted molar refractivity (Wildman–Crippen MR) is 99.1 cm³/mol. The Morgan fingerprint density at radius 3 is 2.46 bits per heavy atom. The first-order valence-electron chi connectivity index (χ1n) is 7.39. The van der Waals surface area contributed by atoms with Gasteiger partial charge in [-0.05, 0) is 23.8 Å². The highest BCUT2D eigenvalue weighted by Gasteiger charge is 2.22. The van der Waals surface area contributed by atoms with Gasteiger partial charge in [0.2, 0.25) is 0 Å². The average molecular weight is 442 g/mol. The Balaban J connectivity index is 2.26. The van der Waals surface area contributed by atoms with Crippen LogP contribution in [0.3, 0.4) is 0 Å². The number of nitro groups is 1. The number of halogens is 2. The summed E-state index contributed by atoms with van der Waals surface area (Å²) in [4.78, 5) is 34.4. The minimum absolute atomic E-state index is 0.0516. The lowest BCUT2D eigenvalue weighted by Gasteiger charge is -2.19. The van der Waals surface area contributed by atoms with Crippen molar-refractivity contribution in [3.8, 4) is 0 Å². The Hall–Kier alpha value is -2.45. The molecular formula is C17H14BrClN2O5. The first kappa shape index (κ1) is 19.9. The van der Waals surface area contributed by atoms with E-state index in [-0.39, 0.29) is 22.7 Å². The molecule has 2 rings (SSSR count). The molecule has 0 aliphatic heterocycles. The second-order valence-corrected chi connectivity index (χ2v) is 6.60. The van der Waals surface area contributed by atoms with Gasteiger partial charge in [-0.2, -0.15) is 0 Å². The molecule has 0 heterocycles. The number of amides is 1. The Morgan fingerprint density at radius 1 is 1.27 bits per heavy atom. The third-order valence-electron chi connectivity index (χ3n) is 3.58. The number of ether oxygens (including phenoxy) is 1. The smallest absolute Gasteiger partial charge is 0.307 e. The van der Waals surface area contributed by atoms with Crippen LogP contribution in [0.5, 0.6) is 0 Å². The summed E-state index contributed by atoms with van der Waals surface area (Å²) in [5.41, 5.74) is 0.555. The number of carbonyl (C=O) groups is 2. The summed E-state index contributed by atoms with van der Waals surface area (Å²) in [5, 5.41) is 13.4. The summed E-state index contributed by atoms with van der Waals surface area (Å²) >= 11 is 9.31. The van der Waals surface area contributed by atoms with Gasteiger partial charge in [0, 0.05) is 16.6 Å². The zero-order valence-electron chi connectivity index (χ0n) is 13.6. The van der Waals surface area contributed by atoms with Gasteiger partial charge in [0.25, 0.3) is 11.6 Å². The van der Waals surface area contributed by atoms with Crippen molar-refractivity contribution in [3.05, 3.63) is 73.2 Å². The summed E-state index contributed by atoms with van der Waals surface area (Å²) in [6.07, 6.45) is -0.0749. The number of hydrogen-bond acceptors (Lipinski definition) is 5. The van der Waals surface area contributed by atoms with Crippen molar-refractivity contribution in [2.45, 2.75) is 12.5 Å². The van der Waals surface area contributed by atoms with Crippen LogP contribution in [0.4, 0.5) is 5.69 Å². The quantitative estimate of drug-likeness (QED) is 0.414. The number of esters is 1. The summed E-state index contributed by atoms with van der Waals surface area (Å²) in [6.45, 7) is 0. The third kappa shape index (κ3) is 5.03. The van der Waals surface area contributed by atoms with Crippen LogP contribution in [0.25, 0.3) is 0 Å². The fraction of sp³-hybridized carbons (Fsp3) is 0.176. The molecule has 2 aromatic carbocycles. The minimum Gasteiger partial charge on any atom is -0.469 e. The van der Waals surface area contributed by atoms with E-state index in [1.54, 1.807) is 24.3 Å². The van der Waals surface area contributed by atoms with Crippen molar-refractivity contribution in [1.82, 2.24) is 5.32 Å². The fourth-order valence-corrected chi connectivity index (χ4v) is 2.76. The Labute approximate surface area is 162 Å². The van der Waals surface area contributed by atoms with Crippen LogP contribution in [0.2, 0.25) is 5.02 Å². The highest BCUT2D eigenvalue weighted by Crippen LogP contribution is 2.25. The van der Waals surface area contributed by atoms with E-state index in [2.05, 4.69) is 26.0 Å². The monoisotopic (exact) mass is 440 g/mol. The molecule has 0 bridgehead atoms. The largest absolute Gasteiger partial charge is 0.469 e. The molecule has 9 heteroatoms. The molecule has 1 amide bonds. The fourth-order valence-electron chi connectivity index (χ4n) is 2.24. The SMILES string of the molecule is COC(=O)CC(NC(=O)c1ccc([N+](=O)[O-])cc1Cl)c1ccc(Br)cc1. The summed E-state index contributed by atoms with van der Waals surface area (Å²) in [5.74, 6) is -1.05. The van der Waals surface area contributed by atoms with E-state index in [9.17, 15) is 19.7 Å². The molecule has 2 aromatic rings. The maximum atomic E-state index is 12.5. The van der Waals surface area contributed by atoms with Crippen molar-refractivity contribution < 1.29 is 19.2 Å². The second kappa shape index (κ2) is 8.77. The molecule has 1 unspecified atom stereocenters. The highest BCUT2D eigenvalue weighted by atomic mass is 79.9. The van der Waals surface area contributed by atoms with Crippen LogP contribution in [0.1, 0.15) is 28.4 Å². The minimum atomic E-state index is -0.644. The van der Waals surface area contributed by atoms with E-state index in [4.69, 9.17) is 11.6 Å². The van der Waals surface area contributed by atoms with Crippen molar-refractivity contribution in [2.24, 2.45) is 0 Å². The molecule has 136 valence electrons. The van der Waals surface area contributed by atoms with Gasteiger partial charge < -0.3 is 10.1 Å². The second-order valence-electron chi connectivity index (χ2n) is 5.28. The average Bonchev–Trinajstić information content (AvgIpc) is 2.61. The lowest BCUT2D eigenvalue weighted by atomic mass is 10.0.